The fraction of sp³-hybridized carbons (Fsp3) is 0.826. The predicted molar refractivity (Wildman–Crippen MR) is 125 cm³/mol. The van der Waals surface area contributed by atoms with Crippen LogP contribution in [0.2, 0.25) is 0 Å². The molecule has 2 rings (SSSR count). The molecule has 0 radical (unpaired) electrons. The molecule has 212 valence electrons. The summed E-state index contributed by atoms with van der Waals surface area (Å²) in [6.07, 6.45) is -14.4. The van der Waals surface area contributed by atoms with Gasteiger partial charge in [0.1, 0.15) is 5.71 Å². The van der Waals surface area contributed by atoms with Gasteiger partial charge in [-0.1, -0.05) is 13.3 Å². The fourth-order valence-electron chi connectivity index (χ4n) is 4.81. The van der Waals surface area contributed by atoms with Crippen LogP contribution < -0.4 is 0 Å². The first-order valence-corrected chi connectivity index (χ1v) is 12.4. The number of ether oxygens (including phenoxy) is 1. The largest absolute Gasteiger partial charge is 0.434 e. The number of carbonyl (C=O) groups is 2. The van der Waals surface area contributed by atoms with Gasteiger partial charge in [0.25, 0.3) is 12.0 Å². The first-order valence-electron chi connectivity index (χ1n) is 12.4. The molecule has 0 aliphatic carbocycles. The molecule has 3 unspecified atom stereocenters. The minimum atomic E-state index is -5.76. The molecular weight excluding hydrogens is 508 g/mol. The molecule has 14 heteroatoms. The van der Waals surface area contributed by atoms with Crippen molar-refractivity contribution in [1.29, 1.82) is 5.41 Å². The highest BCUT2D eigenvalue weighted by Crippen LogP contribution is 2.37. The Hall–Kier alpha value is -2.38. The predicted octanol–water partition coefficient (Wildman–Crippen LogP) is 3.86. The number of rotatable bonds is 11. The molecule has 0 aromatic rings. The van der Waals surface area contributed by atoms with Crippen LogP contribution in [0.25, 0.3) is 0 Å². The lowest BCUT2D eigenvalue weighted by Gasteiger charge is -2.28. The topological polar surface area (TPSA) is 89.3 Å². The lowest BCUT2D eigenvalue weighted by Crippen LogP contribution is -2.48. The van der Waals surface area contributed by atoms with E-state index in [1.54, 1.807) is 11.8 Å². The van der Waals surface area contributed by atoms with Crippen LogP contribution in [0.4, 0.5) is 31.1 Å². The van der Waals surface area contributed by atoms with Gasteiger partial charge in [-0.2, -0.15) is 26.3 Å². The van der Waals surface area contributed by atoms with E-state index in [4.69, 9.17) is 5.41 Å². The highest BCUT2D eigenvalue weighted by Gasteiger charge is 2.60. The quantitative estimate of drug-likeness (QED) is 0.317. The normalized spacial score (nSPS) is 21.8. The van der Waals surface area contributed by atoms with Gasteiger partial charge in [0, 0.05) is 58.6 Å². The zero-order valence-corrected chi connectivity index (χ0v) is 21.2. The summed E-state index contributed by atoms with van der Waals surface area (Å²) in [5, 5.41) is 7.92. The molecule has 0 bridgehead atoms. The van der Waals surface area contributed by atoms with E-state index in [-0.39, 0.29) is 30.8 Å². The van der Waals surface area contributed by atoms with E-state index in [1.807, 2.05) is 18.7 Å². The average Bonchev–Trinajstić information content (AvgIpc) is 3.37. The summed E-state index contributed by atoms with van der Waals surface area (Å²) >= 11 is 0. The molecule has 2 amide bonds. The number of hydrogen-bond acceptors (Lipinski definition) is 6. The number of aliphatic imine (C=N–C) groups is 1. The van der Waals surface area contributed by atoms with Gasteiger partial charge < -0.3 is 24.8 Å². The number of nitrogens with zero attached hydrogens (tertiary/aromatic N) is 4. The number of halogens is 6. The molecule has 2 aliphatic heterocycles. The first kappa shape index (κ1) is 30.8. The Kier molecular flexibility index (Phi) is 10.8. The summed E-state index contributed by atoms with van der Waals surface area (Å²) in [6.45, 7) is 8.25. The Morgan fingerprint density at radius 3 is 2.05 bits per heavy atom. The molecule has 37 heavy (non-hydrogen) atoms. The van der Waals surface area contributed by atoms with Crippen LogP contribution in [0, 0.1) is 23.2 Å². The van der Waals surface area contributed by atoms with Crippen molar-refractivity contribution >= 4 is 23.9 Å². The molecule has 0 saturated carbocycles. The number of unbranched alkanes of at least 4 members (excludes halogenated alkanes) is 1. The van der Waals surface area contributed by atoms with Crippen molar-refractivity contribution in [3.05, 3.63) is 0 Å². The van der Waals surface area contributed by atoms with E-state index < -0.39 is 30.5 Å². The number of carbonyl (C=O) groups excluding carboxylic acids is 2. The molecule has 0 aromatic carbocycles. The Morgan fingerprint density at radius 1 is 1.05 bits per heavy atom. The Balaban J connectivity index is 2.00. The van der Waals surface area contributed by atoms with Crippen LogP contribution in [0.15, 0.2) is 4.99 Å². The minimum Gasteiger partial charge on any atom is -0.426 e. The highest BCUT2D eigenvalue weighted by molar-refractivity contribution is 6.42. The Morgan fingerprint density at radius 2 is 1.62 bits per heavy atom. The maximum Gasteiger partial charge on any atom is 0.434 e. The third-order valence-electron chi connectivity index (χ3n) is 6.64. The number of hydrogen-bond donors (Lipinski definition) is 1. The van der Waals surface area contributed by atoms with E-state index in [1.165, 1.54) is 6.21 Å². The summed E-state index contributed by atoms with van der Waals surface area (Å²) in [6, 6.07) is 0. The van der Waals surface area contributed by atoms with Gasteiger partial charge in [-0.05, 0) is 32.1 Å². The lowest BCUT2D eigenvalue weighted by atomic mass is 10.0. The van der Waals surface area contributed by atoms with Crippen LogP contribution >= 0.6 is 0 Å². The fourth-order valence-corrected chi connectivity index (χ4v) is 4.81. The van der Waals surface area contributed by atoms with Crippen molar-refractivity contribution in [2.45, 2.75) is 52.1 Å². The third-order valence-corrected chi connectivity index (χ3v) is 6.64. The molecule has 0 aromatic heterocycles. The lowest BCUT2D eigenvalue weighted by molar-refractivity contribution is -0.308. The molecule has 0 spiro atoms. The monoisotopic (exact) mass is 543 g/mol. The van der Waals surface area contributed by atoms with Crippen LogP contribution in [-0.2, 0) is 9.53 Å². The van der Waals surface area contributed by atoms with Crippen LogP contribution in [0.5, 0.6) is 0 Å². The van der Waals surface area contributed by atoms with E-state index in [9.17, 15) is 35.9 Å². The van der Waals surface area contributed by atoms with Gasteiger partial charge in [0.05, 0.1) is 5.92 Å². The van der Waals surface area contributed by atoms with Gasteiger partial charge >= 0.3 is 18.4 Å². The maximum absolute atomic E-state index is 13.1. The smallest absolute Gasteiger partial charge is 0.426 e. The van der Waals surface area contributed by atoms with Crippen molar-refractivity contribution in [1.82, 2.24) is 14.7 Å². The van der Waals surface area contributed by atoms with E-state index in [0.29, 0.717) is 45.0 Å². The maximum atomic E-state index is 13.1. The number of amides is 2. The second-order valence-corrected chi connectivity index (χ2v) is 9.36. The molecule has 2 aliphatic rings. The Bertz CT molecular complexity index is 807. The van der Waals surface area contributed by atoms with Crippen LogP contribution in [0.3, 0.4) is 0 Å². The molecule has 2 fully saturated rings. The number of nitrogens with one attached hydrogen (secondary N) is 1. The van der Waals surface area contributed by atoms with E-state index in [0.717, 1.165) is 17.7 Å². The van der Waals surface area contributed by atoms with Gasteiger partial charge in [-0.3, -0.25) is 9.79 Å². The van der Waals surface area contributed by atoms with Crippen molar-refractivity contribution in [2.75, 3.05) is 52.4 Å². The summed E-state index contributed by atoms with van der Waals surface area (Å²) in [5.74, 6) is -1.13. The van der Waals surface area contributed by atoms with Crippen LogP contribution in [0.1, 0.15) is 33.6 Å². The highest BCUT2D eigenvalue weighted by atomic mass is 19.4. The van der Waals surface area contributed by atoms with Gasteiger partial charge in [-0.25, -0.2) is 4.79 Å². The SMILES string of the molecule is CCCCN(CC)C(=O)C(=NCC)C(C=N)CN1CC2CN(C(=O)OC(C(F)(F)F)C(F)(F)F)CC2C1. The number of alkyl halides is 6. The summed E-state index contributed by atoms with van der Waals surface area (Å²) < 4.78 is 80.2. The minimum absolute atomic E-state index is 0.0346. The molecule has 2 heterocycles. The number of fused-ring (bicyclic) bond motifs is 1. The van der Waals surface area contributed by atoms with Gasteiger partial charge in [-0.15, -0.1) is 0 Å². The zero-order valence-electron chi connectivity index (χ0n) is 21.2. The second kappa shape index (κ2) is 12.9. The zero-order chi connectivity index (χ0) is 28.0. The van der Waals surface area contributed by atoms with E-state index >= 15 is 0 Å². The summed E-state index contributed by atoms with van der Waals surface area (Å²) in [7, 11) is 0. The van der Waals surface area contributed by atoms with Gasteiger partial charge in [0.2, 0.25) is 0 Å². The van der Waals surface area contributed by atoms with Crippen molar-refractivity contribution in [2.24, 2.45) is 22.7 Å². The van der Waals surface area contributed by atoms with E-state index in [2.05, 4.69) is 9.73 Å². The standard InChI is InChI=1S/C23H35F6N5O3/c1-4-7-8-33(6-3)19(35)18(31-5-2)15(9-30)10-32-11-16-13-34(14-17(16)12-32)21(36)37-20(22(24,25)26)23(27,28)29/h9,15-17,20,30H,4-8,10-14H2,1-3H3. The van der Waals surface area contributed by atoms with Gasteiger partial charge in [0.15, 0.2) is 0 Å². The Labute approximate surface area is 212 Å². The summed E-state index contributed by atoms with van der Waals surface area (Å²) in [4.78, 5) is 34.2. The third kappa shape index (κ3) is 8.05. The van der Waals surface area contributed by atoms with Crippen LogP contribution in [-0.4, -0.2) is 109 Å². The van der Waals surface area contributed by atoms with Crippen molar-refractivity contribution in [3.63, 3.8) is 0 Å². The first-order chi connectivity index (χ1) is 17.3. The molecule has 2 saturated heterocycles. The number of likely N-dealkylation sites (tertiary alicyclic amines) is 2. The average molecular weight is 544 g/mol. The summed E-state index contributed by atoms with van der Waals surface area (Å²) in [5.41, 5.74) is 0.294. The van der Waals surface area contributed by atoms with Crippen molar-refractivity contribution < 1.29 is 40.7 Å². The van der Waals surface area contributed by atoms with Crippen molar-refractivity contribution in [3.8, 4) is 0 Å². The molecule has 8 nitrogen and oxygen atoms in total. The molecule has 3 atom stereocenters. The molecular formula is C23H35F6N5O3. The molecule has 1 N–H and O–H groups in total. The second-order valence-electron chi connectivity index (χ2n) is 9.36.